The molecule has 170 valence electrons. The predicted molar refractivity (Wildman–Crippen MR) is 126 cm³/mol. The number of benzene rings is 2. The number of hydrogen-bond acceptors (Lipinski definition) is 7. The third-order valence-electron chi connectivity index (χ3n) is 5.79. The molecule has 0 amide bonds. The SMILES string of the molecule is CCOC(=O)C1=C(N)N(c2cccc([N+](=O)[O-])c2)C2=C(C(=O)CCC2)C1c1ccc(Br)cc1. The number of hydrogen-bond donors (Lipinski definition) is 1. The van der Waals surface area contributed by atoms with Crippen LogP contribution >= 0.6 is 15.9 Å². The zero-order valence-electron chi connectivity index (χ0n) is 17.9. The molecule has 2 aromatic carbocycles. The summed E-state index contributed by atoms with van der Waals surface area (Å²) in [5.74, 6) is -1.28. The minimum atomic E-state index is -0.685. The summed E-state index contributed by atoms with van der Waals surface area (Å²) >= 11 is 3.42. The minimum absolute atomic E-state index is 0.0751. The molecule has 0 spiro atoms. The van der Waals surface area contributed by atoms with Gasteiger partial charge in [0, 0.05) is 34.3 Å². The van der Waals surface area contributed by atoms with E-state index in [0.717, 1.165) is 10.0 Å². The first-order valence-corrected chi connectivity index (χ1v) is 11.4. The molecule has 1 aliphatic carbocycles. The first kappa shape index (κ1) is 22.7. The molecule has 1 heterocycles. The highest BCUT2D eigenvalue weighted by Gasteiger charge is 2.43. The van der Waals surface area contributed by atoms with Crippen LogP contribution in [0, 0.1) is 10.1 Å². The molecule has 9 heteroatoms. The van der Waals surface area contributed by atoms with E-state index in [4.69, 9.17) is 10.5 Å². The Morgan fingerprint density at radius 2 is 1.97 bits per heavy atom. The number of rotatable bonds is 5. The third kappa shape index (κ3) is 4.16. The number of allylic oxidation sites excluding steroid dienone is 2. The molecule has 0 radical (unpaired) electrons. The molecule has 0 fully saturated rings. The van der Waals surface area contributed by atoms with E-state index >= 15 is 0 Å². The summed E-state index contributed by atoms with van der Waals surface area (Å²) in [5, 5.41) is 11.4. The van der Waals surface area contributed by atoms with Crippen LogP contribution in [0.5, 0.6) is 0 Å². The number of Topliss-reactive ketones (excluding diaryl/α,β-unsaturated/α-hetero) is 1. The molecule has 4 rings (SSSR count). The lowest BCUT2D eigenvalue weighted by Crippen LogP contribution is -2.41. The van der Waals surface area contributed by atoms with Gasteiger partial charge in [-0.15, -0.1) is 0 Å². The maximum absolute atomic E-state index is 13.2. The highest BCUT2D eigenvalue weighted by atomic mass is 79.9. The van der Waals surface area contributed by atoms with Crippen molar-refractivity contribution in [3.8, 4) is 0 Å². The second kappa shape index (κ2) is 9.19. The average molecular weight is 512 g/mol. The Balaban J connectivity index is 1.99. The van der Waals surface area contributed by atoms with Crippen molar-refractivity contribution in [3.05, 3.63) is 91.3 Å². The van der Waals surface area contributed by atoms with Gasteiger partial charge in [0.15, 0.2) is 5.78 Å². The number of anilines is 1. The maximum atomic E-state index is 13.2. The van der Waals surface area contributed by atoms with Gasteiger partial charge < -0.3 is 10.5 Å². The number of nitrogens with zero attached hydrogens (tertiary/aromatic N) is 2. The Bertz CT molecular complexity index is 1200. The summed E-state index contributed by atoms with van der Waals surface area (Å²) in [6.45, 7) is 1.83. The van der Waals surface area contributed by atoms with Crippen LogP contribution in [0.3, 0.4) is 0 Å². The Labute approximate surface area is 199 Å². The van der Waals surface area contributed by atoms with E-state index in [1.54, 1.807) is 24.0 Å². The highest BCUT2D eigenvalue weighted by molar-refractivity contribution is 9.10. The molecule has 2 aliphatic rings. The van der Waals surface area contributed by atoms with E-state index in [9.17, 15) is 19.7 Å². The second-order valence-electron chi connectivity index (χ2n) is 7.75. The number of ketones is 1. The van der Waals surface area contributed by atoms with Gasteiger partial charge in [-0.2, -0.15) is 0 Å². The number of nitrogens with two attached hydrogens (primary N) is 1. The quantitative estimate of drug-likeness (QED) is 0.351. The van der Waals surface area contributed by atoms with E-state index in [0.29, 0.717) is 36.2 Å². The second-order valence-corrected chi connectivity index (χ2v) is 8.67. The molecular weight excluding hydrogens is 490 g/mol. The summed E-state index contributed by atoms with van der Waals surface area (Å²) in [5.41, 5.74) is 8.94. The van der Waals surface area contributed by atoms with Crippen LogP contribution in [0.4, 0.5) is 11.4 Å². The number of esters is 1. The van der Waals surface area contributed by atoms with Crippen LogP contribution in [0.2, 0.25) is 0 Å². The van der Waals surface area contributed by atoms with Crippen molar-refractivity contribution in [2.24, 2.45) is 5.73 Å². The Morgan fingerprint density at radius 3 is 2.64 bits per heavy atom. The van der Waals surface area contributed by atoms with Gasteiger partial charge in [-0.05, 0) is 43.5 Å². The number of halogens is 1. The summed E-state index contributed by atoms with van der Waals surface area (Å²) < 4.78 is 6.19. The van der Waals surface area contributed by atoms with E-state index < -0.39 is 16.8 Å². The topological polar surface area (TPSA) is 116 Å². The predicted octanol–water partition coefficient (Wildman–Crippen LogP) is 4.70. The summed E-state index contributed by atoms with van der Waals surface area (Å²) in [7, 11) is 0. The fraction of sp³-hybridized carbons (Fsp3) is 0.250. The van der Waals surface area contributed by atoms with E-state index in [2.05, 4.69) is 15.9 Å². The number of non-ortho nitro benzene ring substituents is 1. The fourth-order valence-corrected chi connectivity index (χ4v) is 4.69. The van der Waals surface area contributed by atoms with Crippen molar-refractivity contribution in [2.75, 3.05) is 11.5 Å². The van der Waals surface area contributed by atoms with Crippen molar-refractivity contribution in [1.82, 2.24) is 0 Å². The van der Waals surface area contributed by atoms with Gasteiger partial charge in [-0.25, -0.2) is 4.79 Å². The molecule has 2 aromatic rings. The van der Waals surface area contributed by atoms with E-state index in [1.165, 1.54) is 12.1 Å². The molecule has 2 N–H and O–H groups in total. The van der Waals surface area contributed by atoms with Gasteiger partial charge in [-0.1, -0.05) is 34.1 Å². The molecule has 0 saturated carbocycles. The van der Waals surface area contributed by atoms with Crippen LogP contribution in [0.25, 0.3) is 0 Å². The first-order chi connectivity index (χ1) is 15.8. The summed E-state index contributed by atoms with van der Waals surface area (Å²) in [6, 6.07) is 13.4. The monoisotopic (exact) mass is 511 g/mol. The maximum Gasteiger partial charge on any atom is 0.338 e. The molecule has 1 atom stereocenters. The molecule has 1 unspecified atom stereocenters. The van der Waals surface area contributed by atoms with Crippen LogP contribution in [-0.4, -0.2) is 23.3 Å². The van der Waals surface area contributed by atoms with Gasteiger partial charge in [0.25, 0.3) is 5.69 Å². The van der Waals surface area contributed by atoms with Gasteiger partial charge in [0.05, 0.1) is 28.7 Å². The summed E-state index contributed by atoms with van der Waals surface area (Å²) in [4.78, 5) is 38.9. The lowest BCUT2D eigenvalue weighted by molar-refractivity contribution is -0.384. The van der Waals surface area contributed by atoms with Crippen LogP contribution in [0.1, 0.15) is 37.7 Å². The molecule has 1 aliphatic heterocycles. The molecule has 0 saturated heterocycles. The van der Waals surface area contributed by atoms with Gasteiger partial charge in [0.1, 0.15) is 5.82 Å². The van der Waals surface area contributed by atoms with Crippen LogP contribution < -0.4 is 10.6 Å². The van der Waals surface area contributed by atoms with Gasteiger partial charge >= 0.3 is 5.97 Å². The van der Waals surface area contributed by atoms with E-state index in [1.807, 2.05) is 24.3 Å². The van der Waals surface area contributed by atoms with Crippen molar-refractivity contribution >= 4 is 39.1 Å². The Kier molecular flexibility index (Phi) is 6.33. The van der Waals surface area contributed by atoms with Crippen molar-refractivity contribution in [3.63, 3.8) is 0 Å². The largest absolute Gasteiger partial charge is 0.463 e. The Hall–Kier alpha value is -3.46. The number of nitro benzene ring substituents is 1. The number of carbonyl (C=O) groups is 2. The first-order valence-electron chi connectivity index (χ1n) is 10.6. The van der Waals surface area contributed by atoms with Crippen LogP contribution in [0.15, 0.2) is 75.7 Å². The highest BCUT2D eigenvalue weighted by Crippen LogP contribution is 2.47. The van der Waals surface area contributed by atoms with Gasteiger partial charge in [0.2, 0.25) is 0 Å². The fourth-order valence-electron chi connectivity index (χ4n) is 4.43. The van der Waals surface area contributed by atoms with Crippen molar-refractivity contribution < 1.29 is 19.2 Å². The standard InChI is InChI=1S/C24H22BrN3O5/c1-2-33-24(30)22-20(14-9-11-15(25)12-10-14)21-18(7-4-8-19(21)29)27(23(22)26)16-5-3-6-17(13-16)28(31)32/h3,5-6,9-13,20H,2,4,7-8,26H2,1H3. The smallest absolute Gasteiger partial charge is 0.338 e. The third-order valence-corrected chi connectivity index (χ3v) is 6.32. The normalized spacial score (nSPS) is 18.3. The number of nitro groups is 1. The summed E-state index contributed by atoms with van der Waals surface area (Å²) in [6.07, 6.45) is 1.52. The van der Waals surface area contributed by atoms with Crippen molar-refractivity contribution in [2.45, 2.75) is 32.1 Å². The lowest BCUT2D eigenvalue weighted by atomic mass is 9.75. The van der Waals surface area contributed by atoms with Crippen LogP contribution in [-0.2, 0) is 14.3 Å². The van der Waals surface area contributed by atoms with E-state index in [-0.39, 0.29) is 29.5 Å². The minimum Gasteiger partial charge on any atom is -0.463 e. The zero-order valence-corrected chi connectivity index (χ0v) is 19.5. The molecule has 33 heavy (non-hydrogen) atoms. The number of carbonyl (C=O) groups excluding carboxylic acids is 2. The molecular formula is C24H22BrN3O5. The molecule has 0 bridgehead atoms. The zero-order chi connectivity index (χ0) is 23.7. The Morgan fingerprint density at radius 1 is 1.24 bits per heavy atom. The average Bonchev–Trinajstić information content (AvgIpc) is 2.79. The number of ether oxygens (including phenoxy) is 1. The molecule has 0 aromatic heterocycles. The van der Waals surface area contributed by atoms with Gasteiger partial charge in [-0.3, -0.25) is 19.8 Å². The lowest BCUT2D eigenvalue weighted by Gasteiger charge is -2.40. The molecule has 8 nitrogen and oxygen atoms in total. The van der Waals surface area contributed by atoms with Crippen molar-refractivity contribution in [1.29, 1.82) is 0 Å².